The van der Waals surface area contributed by atoms with Crippen LogP contribution < -0.4 is 5.32 Å². The second kappa shape index (κ2) is 6.22. The van der Waals surface area contributed by atoms with Gasteiger partial charge >= 0.3 is 12.1 Å². The maximum atomic E-state index is 11.5. The highest BCUT2D eigenvalue weighted by atomic mass is 16.6. The van der Waals surface area contributed by atoms with Crippen LogP contribution in [0.3, 0.4) is 0 Å². The van der Waals surface area contributed by atoms with Crippen LogP contribution in [0.5, 0.6) is 0 Å². The molecule has 0 saturated carbocycles. The average Bonchev–Trinajstić information content (AvgIpc) is 2.27. The van der Waals surface area contributed by atoms with Gasteiger partial charge in [0.25, 0.3) is 0 Å². The van der Waals surface area contributed by atoms with Crippen molar-refractivity contribution in [3.05, 3.63) is 29.8 Å². The lowest BCUT2D eigenvalue weighted by molar-refractivity contribution is 0.0525. The first-order valence-electron chi connectivity index (χ1n) is 6.09. The molecule has 1 aromatic rings. The van der Waals surface area contributed by atoms with Crippen molar-refractivity contribution in [2.45, 2.75) is 33.3 Å². The van der Waals surface area contributed by atoms with Gasteiger partial charge in [0.15, 0.2) is 0 Å². The number of hydrogen-bond donors (Lipinski definition) is 1. The number of benzene rings is 1. The Kier molecular flexibility index (Phi) is 4.92. The number of amides is 1. The summed E-state index contributed by atoms with van der Waals surface area (Å²) in [4.78, 5) is 23.0. The molecule has 1 amide bonds. The van der Waals surface area contributed by atoms with Crippen molar-refractivity contribution in [3.63, 3.8) is 0 Å². The number of esters is 1. The van der Waals surface area contributed by atoms with E-state index in [0.717, 1.165) is 0 Å². The minimum absolute atomic E-state index is 0.330. The first kappa shape index (κ1) is 15.0. The molecule has 0 saturated heterocycles. The standard InChI is InChI=1S/C14H19NO4/c1-5-18-12(16)10-6-8-11(9-7-10)15-13(17)19-14(2,3)4/h6-9H,5H2,1-4H3,(H,15,17). The van der Waals surface area contributed by atoms with Crippen molar-refractivity contribution in [3.8, 4) is 0 Å². The van der Waals surface area contributed by atoms with Gasteiger partial charge in [-0.2, -0.15) is 0 Å². The van der Waals surface area contributed by atoms with Crippen LogP contribution in [-0.4, -0.2) is 24.3 Å². The maximum Gasteiger partial charge on any atom is 0.412 e. The van der Waals surface area contributed by atoms with Gasteiger partial charge in [-0.1, -0.05) is 0 Å². The van der Waals surface area contributed by atoms with Crippen LogP contribution in [0.15, 0.2) is 24.3 Å². The zero-order valence-electron chi connectivity index (χ0n) is 11.6. The second-order valence-electron chi connectivity index (χ2n) is 4.92. The number of anilines is 1. The molecule has 0 aliphatic carbocycles. The molecule has 0 spiro atoms. The predicted molar refractivity (Wildman–Crippen MR) is 72.3 cm³/mol. The number of nitrogens with one attached hydrogen (secondary N) is 1. The fourth-order valence-corrected chi connectivity index (χ4v) is 1.33. The molecule has 0 fully saturated rings. The summed E-state index contributed by atoms with van der Waals surface area (Å²) >= 11 is 0. The van der Waals surface area contributed by atoms with Gasteiger partial charge in [-0.25, -0.2) is 9.59 Å². The predicted octanol–water partition coefficient (Wildman–Crippen LogP) is 3.21. The van der Waals surface area contributed by atoms with E-state index in [-0.39, 0.29) is 5.97 Å². The van der Waals surface area contributed by atoms with E-state index in [1.54, 1.807) is 52.0 Å². The molecule has 19 heavy (non-hydrogen) atoms. The SMILES string of the molecule is CCOC(=O)c1ccc(NC(=O)OC(C)(C)C)cc1. The molecule has 104 valence electrons. The number of rotatable bonds is 3. The molecule has 1 rings (SSSR count). The molecule has 5 nitrogen and oxygen atoms in total. The highest BCUT2D eigenvalue weighted by Gasteiger charge is 2.16. The lowest BCUT2D eigenvalue weighted by atomic mass is 10.2. The summed E-state index contributed by atoms with van der Waals surface area (Å²) < 4.78 is 9.98. The summed E-state index contributed by atoms with van der Waals surface area (Å²) in [5.74, 6) is -0.383. The molecule has 5 heteroatoms. The Labute approximate surface area is 112 Å². The van der Waals surface area contributed by atoms with Gasteiger partial charge in [0.05, 0.1) is 12.2 Å². The number of hydrogen-bond acceptors (Lipinski definition) is 4. The number of carbonyl (C=O) groups is 2. The van der Waals surface area contributed by atoms with Crippen molar-refractivity contribution in [2.24, 2.45) is 0 Å². The van der Waals surface area contributed by atoms with E-state index < -0.39 is 11.7 Å². The summed E-state index contributed by atoms with van der Waals surface area (Å²) in [6.45, 7) is 7.44. The molecular formula is C14H19NO4. The monoisotopic (exact) mass is 265 g/mol. The van der Waals surface area contributed by atoms with Gasteiger partial charge in [0.2, 0.25) is 0 Å². The van der Waals surface area contributed by atoms with E-state index in [2.05, 4.69) is 5.32 Å². The van der Waals surface area contributed by atoms with Crippen molar-refractivity contribution < 1.29 is 19.1 Å². The van der Waals surface area contributed by atoms with Gasteiger partial charge in [-0.05, 0) is 52.0 Å². The molecule has 0 aliphatic heterocycles. The molecular weight excluding hydrogens is 246 g/mol. The van der Waals surface area contributed by atoms with E-state index >= 15 is 0 Å². The quantitative estimate of drug-likeness (QED) is 0.852. The molecule has 0 atom stereocenters. The van der Waals surface area contributed by atoms with Crippen LogP contribution in [0, 0.1) is 0 Å². The van der Waals surface area contributed by atoms with Crippen LogP contribution in [0.2, 0.25) is 0 Å². The van der Waals surface area contributed by atoms with Gasteiger partial charge < -0.3 is 9.47 Å². The van der Waals surface area contributed by atoms with Crippen LogP contribution in [0.1, 0.15) is 38.1 Å². The van der Waals surface area contributed by atoms with Gasteiger partial charge in [0, 0.05) is 5.69 Å². The van der Waals surface area contributed by atoms with E-state index in [1.165, 1.54) is 0 Å². The largest absolute Gasteiger partial charge is 0.462 e. The lowest BCUT2D eigenvalue weighted by Crippen LogP contribution is -2.27. The second-order valence-corrected chi connectivity index (χ2v) is 4.92. The third-order valence-electron chi connectivity index (χ3n) is 2.04. The Morgan fingerprint density at radius 2 is 1.74 bits per heavy atom. The van der Waals surface area contributed by atoms with Crippen LogP contribution in [-0.2, 0) is 9.47 Å². The minimum atomic E-state index is -0.547. The summed E-state index contributed by atoms with van der Waals surface area (Å²) in [6.07, 6.45) is -0.531. The first-order chi connectivity index (χ1) is 8.81. The first-order valence-corrected chi connectivity index (χ1v) is 6.09. The van der Waals surface area contributed by atoms with Crippen LogP contribution >= 0.6 is 0 Å². The van der Waals surface area contributed by atoms with Crippen molar-refractivity contribution in [1.29, 1.82) is 0 Å². The maximum absolute atomic E-state index is 11.5. The topological polar surface area (TPSA) is 64.6 Å². The summed E-state index contributed by atoms with van der Waals surface area (Å²) in [6, 6.07) is 6.42. The van der Waals surface area contributed by atoms with E-state index in [9.17, 15) is 9.59 Å². The third kappa shape index (κ3) is 5.42. The minimum Gasteiger partial charge on any atom is -0.462 e. The van der Waals surface area contributed by atoms with Crippen molar-refractivity contribution in [1.82, 2.24) is 0 Å². The molecule has 0 aliphatic rings. The molecule has 0 bridgehead atoms. The van der Waals surface area contributed by atoms with E-state index in [1.807, 2.05) is 0 Å². The Morgan fingerprint density at radius 3 is 2.21 bits per heavy atom. The Bertz CT molecular complexity index is 446. The zero-order chi connectivity index (χ0) is 14.5. The molecule has 0 heterocycles. The molecule has 0 aromatic heterocycles. The highest BCUT2D eigenvalue weighted by molar-refractivity contribution is 5.91. The molecule has 0 radical (unpaired) electrons. The summed E-state index contributed by atoms with van der Waals surface area (Å²) in [5.41, 5.74) is 0.452. The zero-order valence-corrected chi connectivity index (χ0v) is 11.6. The smallest absolute Gasteiger partial charge is 0.412 e. The normalized spacial score (nSPS) is 10.7. The fourth-order valence-electron chi connectivity index (χ4n) is 1.33. The van der Waals surface area contributed by atoms with E-state index in [0.29, 0.717) is 17.9 Å². The average molecular weight is 265 g/mol. The Balaban J connectivity index is 2.62. The van der Waals surface area contributed by atoms with Gasteiger partial charge in [0.1, 0.15) is 5.60 Å². The summed E-state index contributed by atoms with van der Waals surface area (Å²) in [7, 11) is 0. The molecule has 0 unspecified atom stereocenters. The Hall–Kier alpha value is -2.04. The van der Waals surface area contributed by atoms with Gasteiger partial charge in [-0.3, -0.25) is 5.32 Å². The van der Waals surface area contributed by atoms with Crippen molar-refractivity contribution in [2.75, 3.05) is 11.9 Å². The Morgan fingerprint density at radius 1 is 1.16 bits per heavy atom. The summed E-state index contributed by atoms with van der Waals surface area (Å²) in [5, 5.41) is 2.58. The van der Waals surface area contributed by atoms with Crippen molar-refractivity contribution >= 4 is 17.7 Å². The van der Waals surface area contributed by atoms with Gasteiger partial charge in [-0.15, -0.1) is 0 Å². The lowest BCUT2D eigenvalue weighted by Gasteiger charge is -2.19. The fraction of sp³-hybridized carbons (Fsp3) is 0.429. The van der Waals surface area contributed by atoms with Crippen LogP contribution in [0.25, 0.3) is 0 Å². The highest BCUT2D eigenvalue weighted by Crippen LogP contribution is 2.13. The molecule has 1 aromatic carbocycles. The van der Waals surface area contributed by atoms with E-state index in [4.69, 9.17) is 9.47 Å². The van der Waals surface area contributed by atoms with Crippen LogP contribution in [0.4, 0.5) is 10.5 Å². The number of carbonyl (C=O) groups excluding carboxylic acids is 2. The number of ether oxygens (including phenoxy) is 2. The molecule has 1 N–H and O–H groups in total. The third-order valence-corrected chi connectivity index (χ3v) is 2.04.